The molecule has 148 valence electrons. The molecule has 7 nitrogen and oxygen atoms in total. The van der Waals surface area contributed by atoms with Crippen molar-refractivity contribution in [2.24, 2.45) is 0 Å². The number of ether oxygens (including phenoxy) is 3. The van der Waals surface area contributed by atoms with Gasteiger partial charge in [0.05, 0.1) is 30.5 Å². The number of thiazole rings is 1. The van der Waals surface area contributed by atoms with Crippen LogP contribution in [0.2, 0.25) is 0 Å². The summed E-state index contributed by atoms with van der Waals surface area (Å²) in [6.45, 7) is 2.75. The Hall–Kier alpha value is -2.84. The summed E-state index contributed by atoms with van der Waals surface area (Å²) in [7, 11) is 1.65. The highest BCUT2D eigenvalue weighted by molar-refractivity contribution is 7.21. The molecule has 3 aromatic rings. The molecule has 8 heteroatoms. The van der Waals surface area contributed by atoms with Crippen molar-refractivity contribution < 1.29 is 24.2 Å². The van der Waals surface area contributed by atoms with E-state index in [-0.39, 0.29) is 6.42 Å². The Morgan fingerprint density at radius 2 is 2.04 bits per heavy atom. The first kappa shape index (κ1) is 19.9. The number of methoxy groups -OCH3 is 1. The Morgan fingerprint density at radius 3 is 2.79 bits per heavy atom. The lowest BCUT2D eigenvalue weighted by Gasteiger charge is -2.12. The highest BCUT2D eigenvalue weighted by Gasteiger charge is 2.12. The van der Waals surface area contributed by atoms with Crippen molar-refractivity contribution in [2.75, 3.05) is 20.3 Å². The van der Waals surface area contributed by atoms with Crippen LogP contribution in [-0.2, 0) is 4.79 Å². The van der Waals surface area contributed by atoms with Gasteiger partial charge in [0.15, 0.2) is 11.5 Å². The highest BCUT2D eigenvalue weighted by Crippen LogP contribution is 2.37. The van der Waals surface area contributed by atoms with Crippen LogP contribution in [-0.4, -0.2) is 36.4 Å². The summed E-state index contributed by atoms with van der Waals surface area (Å²) >= 11 is 1.58. The Morgan fingerprint density at radius 1 is 1.18 bits per heavy atom. The molecule has 1 amide bonds. The molecular formula is C20H22N2O5S. The van der Waals surface area contributed by atoms with Gasteiger partial charge in [0, 0.05) is 12.0 Å². The topological polar surface area (TPSA) is 89.9 Å². The lowest BCUT2D eigenvalue weighted by Crippen LogP contribution is -2.18. The molecular weight excluding hydrogens is 380 g/mol. The quantitative estimate of drug-likeness (QED) is 0.319. The molecule has 0 aliphatic rings. The predicted octanol–water partition coefficient (Wildman–Crippen LogP) is 4.04. The Kier molecular flexibility index (Phi) is 6.67. The molecule has 0 bridgehead atoms. The summed E-state index contributed by atoms with van der Waals surface area (Å²) in [6, 6.07) is 11.5. The average Bonchev–Trinajstić information content (AvgIpc) is 3.15. The Bertz CT molecular complexity index is 957. The predicted molar refractivity (Wildman–Crippen MR) is 107 cm³/mol. The summed E-state index contributed by atoms with van der Waals surface area (Å²) < 4.78 is 17.8. The molecule has 3 rings (SSSR count). The van der Waals surface area contributed by atoms with E-state index in [1.54, 1.807) is 23.9 Å². The molecule has 0 aliphatic carbocycles. The van der Waals surface area contributed by atoms with E-state index in [2.05, 4.69) is 0 Å². The standard InChI is InChI=1S/C20H22N2O5S/c1-3-26-17-11-13(6-9-16(17)27-10-4-5-19(23)22-24)20-21-15-8-7-14(25-2)12-18(15)28-20/h6-9,11-12,24H,3-5,10H2,1-2H3,(H,22,23). The van der Waals surface area contributed by atoms with Crippen molar-refractivity contribution >= 4 is 27.5 Å². The molecule has 0 saturated heterocycles. The molecule has 1 aromatic heterocycles. The number of rotatable bonds is 9. The second kappa shape index (κ2) is 9.38. The monoisotopic (exact) mass is 402 g/mol. The van der Waals surface area contributed by atoms with Crippen molar-refractivity contribution in [3.05, 3.63) is 36.4 Å². The van der Waals surface area contributed by atoms with E-state index >= 15 is 0 Å². The van der Waals surface area contributed by atoms with Crippen LogP contribution in [0.3, 0.4) is 0 Å². The molecule has 0 radical (unpaired) electrons. The van der Waals surface area contributed by atoms with Gasteiger partial charge >= 0.3 is 0 Å². The van der Waals surface area contributed by atoms with Gasteiger partial charge < -0.3 is 14.2 Å². The summed E-state index contributed by atoms with van der Waals surface area (Å²) in [5.41, 5.74) is 3.46. The van der Waals surface area contributed by atoms with Crippen LogP contribution in [0.1, 0.15) is 19.8 Å². The van der Waals surface area contributed by atoms with Gasteiger partial charge in [0.1, 0.15) is 10.8 Å². The van der Waals surface area contributed by atoms with Gasteiger partial charge in [-0.05, 0) is 49.7 Å². The van der Waals surface area contributed by atoms with Gasteiger partial charge in [0.2, 0.25) is 5.91 Å². The van der Waals surface area contributed by atoms with Gasteiger partial charge in [-0.2, -0.15) is 0 Å². The van der Waals surface area contributed by atoms with Gasteiger partial charge in [-0.3, -0.25) is 10.0 Å². The zero-order valence-corrected chi connectivity index (χ0v) is 16.5. The maximum Gasteiger partial charge on any atom is 0.243 e. The second-order valence-corrected chi connectivity index (χ2v) is 6.96. The number of amides is 1. The first-order valence-corrected chi connectivity index (χ1v) is 9.73. The minimum atomic E-state index is -0.434. The summed E-state index contributed by atoms with van der Waals surface area (Å²) in [4.78, 5) is 15.7. The third-order valence-electron chi connectivity index (χ3n) is 4.02. The number of carbonyl (C=O) groups is 1. The van der Waals surface area contributed by atoms with E-state index in [1.807, 2.05) is 43.3 Å². The van der Waals surface area contributed by atoms with Crippen molar-refractivity contribution in [2.45, 2.75) is 19.8 Å². The third-order valence-corrected chi connectivity index (χ3v) is 5.08. The van der Waals surface area contributed by atoms with Crippen LogP contribution in [0.4, 0.5) is 0 Å². The van der Waals surface area contributed by atoms with Crippen LogP contribution in [0.5, 0.6) is 17.2 Å². The number of hydroxylamine groups is 1. The lowest BCUT2D eigenvalue weighted by molar-refractivity contribution is -0.129. The molecule has 0 fully saturated rings. The molecule has 2 aromatic carbocycles. The number of nitrogens with zero attached hydrogens (tertiary/aromatic N) is 1. The number of nitrogens with one attached hydrogen (secondary N) is 1. The smallest absolute Gasteiger partial charge is 0.243 e. The van der Waals surface area contributed by atoms with E-state index in [1.165, 1.54) is 0 Å². The van der Waals surface area contributed by atoms with E-state index in [4.69, 9.17) is 24.4 Å². The molecule has 28 heavy (non-hydrogen) atoms. The van der Waals surface area contributed by atoms with E-state index in [0.717, 1.165) is 26.5 Å². The van der Waals surface area contributed by atoms with Crippen LogP contribution in [0.25, 0.3) is 20.8 Å². The highest BCUT2D eigenvalue weighted by atomic mass is 32.1. The minimum Gasteiger partial charge on any atom is -0.497 e. The first-order valence-electron chi connectivity index (χ1n) is 8.92. The number of aromatic nitrogens is 1. The van der Waals surface area contributed by atoms with Gasteiger partial charge in [-0.25, -0.2) is 10.5 Å². The number of fused-ring (bicyclic) bond motifs is 1. The molecule has 0 unspecified atom stereocenters. The van der Waals surface area contributed by atoms with Gasteiger partial charge in [0.25, 0.3) is 0 Å². The normalized spacial score (nSPS) is 10.7. The number of benzene rings is 2. The summed E-state index contributed by atoms with van der Waals surface area (Å²) in [5, 5.41) is 9.40. The fourth-order valence-electron chi connectivity index (χ4n) is 2.65. The lowest BCUT2D eigenvalue weighted by atomic mass is 10.2. The van der Waals surface area contributed by atoms with E-state index in [0.29, 0.717) is 31.1 Å². The zero-order chi connectivity index (χ0) is 19.9. The van der Waals surface area contributed by atoms with Crippen LogP contribution >= 0.6 is 11.3 Å². The van der Waals surface area contributed by atoms with Crippen molar-refractivity contribution in [3.63, 3.8) is 0 Å². The van der Waals surface area contributed by atoms with E-state index in [9.17, 15) is 4.79 Å². The van der Waals surface area contributed by atoms with Crippen LogP contribution < -0.4 is 19.7 Å². The molecule has 0 saturated carbocycles. The van der Waals surface area contributed by atoms with Crippen LogP contribution in [0.15, 0.2) is 36.4 Å². The number of hydrogen-bond acceptors (Lipinski definition) is 7. The minimum absolute atomic E-state index is 0.188. The van der Waals surface area contributed by atoms with Crippen molar-refractivity contribution in [1.29, 1.82) is 0 Å². The first-order chi connectivity index (χ1) is 13.6. The second-order valence-electron chi connectivity index (χ2n) is 5.93. The van der Waals surface area contributed by atoms with E-state index < -0.39 is 5.91 Å². The fourth-order valence-corrected chi connectivity index (χ4v) is 3.65. The number of hydrogen-bond donors (Lipinski definition) is 2. The number of carbonyl (C=O) groups excluding carboxylic acids is 1. The summed E-state index contributed by atoms with van der Waals surface area (Å²) in [5.74, 6) is 1.61. The molecule has 0 atom stereocenters. The van der Waals surface area contributed by atoms with Gasteiger partial charge in [-0.15, -0.1) is 11.3 Å². The third kappa shape index (κ3) is 4.71. The molecule has 0 spiro atoms. The largest absolute Gasteiger partial charge is 0.497 e. The van der Waals surface area contributed by atoms with Crippen molar-refractivity contribution in [3.8, 4) is 27.8 Å². The molecule has 0 aliphatic heterocycles. The fraction of sp³-hybridized carbons (Fsp3) is 0.300. The Labute approximate surface area is 166 Å². The zero-order valence-electron chi connectivity index (χ0n) is 15.7. The Balaban J connectivity index is 1.79. The summed E-state index contributed by atoms with van der Waals surface area (Å²) in [6.07, 6.45) is 0.674. The maximum atomic E-state index is 11.1. The van der Waals surface area contributed by atoms with Crippen LogP contribution in [0, 0.1) is 0 Å². The molecule has 2 N–H and O–H groups in total. The SMILES string of the molecule is CCOc1cc(-c2nc3ccc(OC)cc3s2)ccc1OCCCC(=O)NO. The maximum absolute atomic E-state index is 11.1. The average molecular weight is 402 g/mol. The van der Waals surface area contributed by atoms with Gasteiger partial charge in [-0.1, -0.05) is 0 Å². The molecule has 1 heterocycles. The van der Waals surface area contributed by atoms with Crippen molar-refractivity contribution in [1.82, 2.24) is 10.5 Å².